The van der Waals surface area contributed by atoms with Gasteiger partial charge in [-0.25, -0.2) is 22.9 Å². The first-order valence-electron chi connectivity index (χ1n) is 12.9. The van der Waals surface area contributed by atoms with Gasteiger partial charge in [-0.1, -0.05) is 34.2 Å². The number of benzene rings is 2. The number of nitrogens with zero attached hydrogens (tertiary/aromatic N) is 3. The highest BCUT2D eigenvalue weighted by Gasteiger charge is 2.37. The zero-order chi connectivity index (χ0) is 28.0. The van der Waals surface area contributed by atoms with Crippen LogP contribution in [0.2, 0.25) is 5.02 Å². The van der Waals surface area contributed by atoms with Crippen molar-refractivity contribution in [3.63, 3.8) is 0 Å². The fourth-order valence-electron chi connectivity index (χ4n) is 4.98. The van der Waals surface area contributed by atoms with E-state index in [1.807, 2.05) is 4.90 Å². The molecule has 1 aliphatic carbocycles. The van der Waals surface area contributed by atoms with Gasteiger partial charge in [0, 0.05) is 37.4 Å². The Bertz CT molecular complexity index is 1560. The van der Waals surface area contributed by atoms with Gasteiger partial charge in [-0.15, -0.1) is 0 Å². The Morgan fingerprint density at radius 3 is 2.70 bits per heavy atom. The van der Waals surface area contributed by atoms with Crippen LogP contribution in [0.3, 0.4) is 0 Å². The molecule has 0 radical (unpaired) electrons. The standard InChI is InChI=1S/C28H25ClF3N3O4S/c1-37-26(36)16-11-20(31)24-21(12-16)40-27(33-24)35-9-7-28(32,8-10-35)14-38-13-17-23(34-39-25(17)15-5-6-15)22-18(29)3-2-4-19(22)30/h2-4,11-12,15H,5-10,13-14H2,1H3. The second kappa shape index (κ2) is 10.7. The molecule has 2 aliphatic rings. The van der Waals surface area contributed by atoms with Gasteiger partial charge >= 0.3 is 5.97 Å². The number of ether oxygens (including phenoxy) is 2. The molecule has 210 valence electrons. The molecule has 1 saturated carbocycles. The minimum atomic E-state index is -1.58. The predicted molar refractivity (Wildman–Crippen MR) is 145 cm³/mol. The molecule has 1 aliphatic heterocycles. The Kier molecular flexibility index (Phi) is 7.22. The summed E-state index contributed by atoms with van der Waals surface area (Å²) in [4.78, 5) is 18.1. The number of halogens is 4. The van der Waals surface area contributed by atoms with E-state index in [1.165, 1.54) is 30.6 Å². The normalized spacial score (nSPS) is 17.0. The van der Waals surface area contributed by atoms with E-state index in [4.69, 9.17) is 20.9 Å². The summed E-state index contributed by atoms with van der Waals surface area (Å²) in [6.45, 7) is 0.589. The molecule has 0 unspecified atom stereocenters. The van der Waals surface area contributed by atoms with Crippen molar-refractivity contribution in [3.05, 3.63) is 63.9 Å². The van der Waals surface area contributed by atoms with Gasteiger partial charge in [-0.2, -0.15) is 0 Å². The van der Waals surface area contributed by atoms with E-state index in [1.54, 1.807) is 12.1 Å². The zero-order valence-corrected chi connectivity index (χ0v) is 23.1. The molecule has 6 rings (SSSR count). The minimum absolute atomic E-state index is 0.0182. The smallest absolute Gasteiger partial charge is 0.338 e. The Hall–Kier alpha value is -3.15. The summed E-state index contributed by atoms with van der Waals surface area (Å²) in [5.41, 5.74) is -0.279. The molecule has 0 bridgehead atoms. The fraction of sp³-hybridized carbons (Fsp3) is 0.393. The topological polar surface area (TPSA) is 77.7 Å². The fourth-order valence-corrected chi connectivity index (χ4v) is 6.30. The summed E-state index contributed by atoms with van der Waals surface area (Å²) in [6, 6.07) is 7.06. The van der Waals surface area contributed by atoms with E-state index >= 15 is 4.39 Å². The van der Waals surface area contributed by atoms with Crippen molar-refractivity contribution >= 4 is 44.3 Å². The number of methoxy groups -OCH3 is 1. The summed E-state index contributed by atoms with van der Waals surface area (Å²) in [5.74, 6) is -0.933. The van der Waals surface area contributed by atoms with Crippen molar-refractivity contribution < 1.29 is 32.0 Å². The van der Waals surface area contributed by atoms with Crippen LogP contribution in [-0.2, 0) is 16.1 Å². The molecule has 7 nitrogen and oxygen atoms in total. The van der Waals surface area contributed by atoms with Crippen molar-refractivity contribution in [2.45, 2.75) is 43.9 Å². The molecule has 2 fully saturated rings. The number of piperidine rings is 1. The van der Waals surface area contributed by atoms with E-state index < -0.39 is 23.3 Å². The Morgan fingerprint density at radius 2 is 2.00 bits per heavy atom. The lowest BCUT2D eigenvalue weighted by molar-refractivity contribution is -0.00757. The summed E-state index contributed by atoms with van der Waals surface area (Å²) in [6.07, 6.45) is 2.25. The molecule has 2 aromatic heterocycles. The lowest BCUT2D eigenvalue weighted by Crippen LogP contribution is -2.44. The van der Waals surface area contributed by atoms with E-state index in [0.717, 1.165) is 18.9 Å². The molecule has 0 amide bonds. The van der Waals surface area contributed by atoms with Crippen molar-refractivity contribution in [2.75, 3.05) is 31.7 Å². The van der Waals surface area contributed by atoms with E-state index in [-0.39, 0.29) is 59.3 Å². The number of esters is 1. The number of alkyl halides is 1. The number of hydrogen-bond donors (Lipinski definition) is 0. The Morgan fingerprint density at radius 1 is 1.23 bits per heavy atom. The number of thiazole rings is 1. The average molecular weight is 592 g/mol. The highest BCUT2D eigenvalue weighted by Crippen LogP contribution is 2.45. The molecule has 0 N–H and O–H groups in total. The zero-order valence-electron chi connectivity index (χ0n) is 21.5. The monoisotopic (exact) mass is 591 g/mol. The first-order chi connectivity index (χ1) is 19.3. The van der Waals surface area contributed by atoms with Crippen LogP contribution in [0.4, 0.5) is 18.3 Å². The molecule has 4 aromatic rings. The maximum absolute atomic E-state index is 15.8. The summed E-state index contributed by atoms with van der Waals surface area (Å²) in [7, 11) is 1.24. The maximum atomic E-state index is 15.8. The third-order valence-electron chi connectivity index (χ3n) is 7.36. The van der Waals surface area contributed by atoms with Gasteiger partial charge in [-0.05, 0) is 37.1 Å². The molecule has 12 heteroatoms. The van der Waals surface area contributed by atoms with Crippen LogP contribution in [0.15, 0.2) is 34.9 Å². The van der Waals surface area contributed by atoms with Crippen molar-refractivity contribution in [1.82, 2.24) is 10.1 Å². The van der Waals surface area contributed by atoms with Crippen molar-refractivity contribution in [1.29, 1.82) is 0 Å². The number of aromatic nitrogens is 2. The lowest BCUT2D eigenvalue weighted by Gasteiger charge is -2.36. The van der Waals surface area contributed by atoms with Gasteiger partial charge in [0.2, 0.25) is 0 Å². The van der Waals surface area contributed by atoms with Gasteiger partial charge in [0.05, 0.1) is 41.2 Å². The molecule has 0 atom stereocenters. The number of carbonyl (C=O) groups is 1. The summed E-state index contributed by atoms with van der Waals surface area (Å²) in [5, 5.41) is 4.87. The maximum Gasteiger partial charge on any atom is 0.338 e. The second-order valence-corrected chi connectivity index (χ2v) is 11.6. The van der Waals surface area contributed by atoms with Gasteiger partial charge in [-0.3, -0.25) is 0 Å². The van der Waals surface area contributed by atoms with Crippen LogP contribution >= 0.6 is 22.9 Å². The van der Waals surface area contributed by atoms with Crippen LogP contribution in [0.5, 0.6) is 0 Å². The van der Waals surface area contributed by atoms with Crippen LogP contribution < -0.4 is 4.90 Å². The summed E-state index contributed by atoms with van der Waals surface area (Å²) < 4.78 is 61.6. The Labute approximate surface area is 236 Å². The van der Waals surface area contributed by atoms with Gasteiger partial charge in [0.25, 0.3) is 0 Å². The van der Waals surface area contributed by atoms with Crippen LogP contribution in [0.1, 0.15) is 53.3 Å². The molecule has 3 heterocycles. The molecule has 1 saturated heterocycles. The number of rotatable bonds is 8. The SMILES string of the molecule is COC(=O)c1cc(F)c2nc(N3CCC(F)(COCc4c(-c5c(F)cccc5Cl)noc4C4CC4)CC3)sc2c1. The first-order valence-corrected chi connectivity index (χ1v) is 14.1. The van der Waals surface area contributed by atoms with Crippen molar-refractivity contribution in [2.24, 2.45) is 0 Å². The number of carbonyl (C=O) groups excluding carboxylic acids is 1. The molecule has 2 aromatic carbocycles. The van der Waals surface area contributed by atoms with Gasteiger partial charge < -0.3 is 18.9 Å². The van der Waals surface area contributed by atoms with Crippen LogP contribution in [0, 0.1) is 11.6 Å². The average Bonchev–Trinajstić information content (AvgIpc) is 3.55. The number of hydrogen-bond acceptors (Lipinski definition) is 8. The van der Waals surface area contributed by atoms with Crippen LogP contribution in [-0.4, -0.2) is 48.6 Å². The first kappa shape index (κ1) is 27.0. The van der Waals surface area contributed by atoms with Gasteiger partial charge in [0.1, 0.15) is 28.5 Å². The molecule has 0 spiro atoms. The molecule has 40 heavy (non-hydrogen) atoms. The minimum Gasteiger partial charge on any atom is -0.465 e. The quantitative estimate of drug-likeness (QED) is 0.203. The number of anilines is 1. The van der Waals surface area contributed by atoms with E-state index in [0.29, 0.717) is 34.2 Å². The van der Waals surface area contributed by atoms with E-state index in [9.17, 15) is 13.6 Å². The third kappa shape index (κ3) is 5.17. The predicted octanol–water partition coefficient (Wildman–Crippen LogP) is 7.07. The van der Waals surface area contributed by atoms with Crippen LogP contribution in [0.25, 0.3) is 21.5 Å². The van der Waals surface area contributed by atoms with E-state index in [2.05, 4.69) is 14.9 Å². The second-order valence-electron chi connectivity index (χ2n) is 10.2. The Balaban J connectivity index is 1.12. The van der Waals surface area contributed by atoms with Gasteiger partial charge in [0.15, 0.2) is 10.9 Å². The number of fused-ring (bicyclic) bond motifs is 1. The largest absolute Gasteiger partial charge is 0.465 e. The third-order valence-corrected chi connectivity index (χ3v) is 8.74. The molecular formula is C28H25ClF3N3O4S. The van der Waals surface area contributed by atoms with Crippen molar-refractivity contribution in [3.8, 4) is 11.3 Å². The highest BCUT2D eigenvalue weighted by molar-refractivity contribution is 7.22. The highest BCUT2D eigenvalue weighted by atomic mass is 35.5. The lowest BCUT2D eigenvalue weighted by atomic mass is 9.94. The molecular weight excluding hydrogens is 567 g/mol. The summed E-state index contributed by atoms with van der Waals surface area (Å²) >= 11 is 7.52.